The Balaban J connectivity index is 2.74. The molecule has 0 aromatic heterocycles. The summed E-state index contributed by atoms with van der Waals surface area (Å²) in [7, 11) is -0.677. The molecule has 2 nitrogen and oxygen atoms in total. The van der Waals surface area contributed by atoms with E-state index in [4.69, 9.17) is 0 Å². The Morgan fingerprint density at radius 3 is 2.61 bits per heavy atom. The van der Waals surface area contributed by atoms with Crippen LogP contribution in [0.15, 0.2) is 0 Å². The summed E-state index contributed by atoms with van der Waals surface area (Å²) in [4.78, 5) is 0. The third kappa shape index (κ3) is 4.06. The van der Waals surface area contributed by atoms with Gasteiger partial charge in [0.05, 0.1) is 5.25 Å². The average Bonchev–Trinajstić information content (AvgIpc) is 2.31. The standard InChI is InChI=1S/C15H31NOS/c1-6-12(3)11-18(17)13-9-8-10-15(4,5)14(13)16-7-2/h12-14,16H,6-11H2,1-5H3. The fourth-order valence-corrected chi connectivity index (χ4v) is 5.26. The highest BCUT2D eigenvalue weighted by Crippen LogP contribution is 2.38. The van der Waals surface area contributed by atoms with Crippen LogP contribution in [0.4, 0.5) is 0 Å². The SMILES string of the molecule is CCNC1C(S(=O)CC(C)CC)CCCC1(C)C. The lowest BCUT2D eigenvalue weighted by molar-refractivity contribution is 0.174. The van der Waals surface area contributed by atoms with Crippen LogP contribution in [0.3, 0.4) is 0 Å². The first-order chi connectivity index (χ1) is 8.42. The molecule has 1 saturated carbocycles. The molecular formula is C15H31NOS. The Morgan fingerprint density at radius 2 is 2.06 bits per heavy atom. The summed E-state index contributed by atoms with van der Waals surface area (Å²) < 4.78 is 12.6. The molecule has 1 aliphatic rings. The largest absolute Gasteiger partial charge is 0.313 e. The first kappa shape index (κ1) is 16.2. The van der Waals surface area contributed by atoms with Crippen molar-refractivity contribution in [1.29, 1.82) is 0 Å². The van der Waals surface area contributed by atoms with Gasteiger partial charge < -0.3 is 5.32 Å². The third-order valence-electron chi connectivity index (χ3n) is 4.43. The van der Waals surface area contributed by atoms with Crippen molar-refractivity contribution in [2.45, 2.75) is 71.6 Å². The summed E-state index contributed by atoms with van der Waals surface area (Å²) in [6.45, 7) is 12.2. The van der Waals surface area contributed by atoms with Gasteiger partial charge in [-0.05, 0) is 30.7 Å². The minimum absolute atomic E-state index is 0.282. The van der Waals surface area contributed by atoms with Crippen LogP contribution in [-0.4, -0.2) is 27.8 Å². The van der Waals surface area contributed by atoms with Crippen LogP contribution in [0.5, 0.6) is 0 Å². The van der Waals surface area contributed by atoms with Crippen molar-refractivity contribution in [3.8, 4) is 0 Å². The number of nitrogens with one attached hydrogen (secondary N) is 1. The summed E-state index contributed by atoms with van der Waals surface area (Å²) in [5, 5.41) is 3.95. The van der Waals surface area contributed by atoms with Gasteiger partial charge >= 0.3 is 0 Å². The molecule has 1 aliphatic carbocycles. The van der Waals surface area contributed by atoms with E-state index in [1.54, 1.807) is 0 Å². The normalized spacial score (nSPS) is 30.9. The molecule has 3 heteroatoms. The van der Waals surface area contributed by atoms with Crippen LogP contribution >= 0.6 is 0 Å². The summed E-state index contributed by atoms with van der Waals surface area (Å²) in [5.41, 5.74) is 0.282. The van der Waals surface area contributed by atoms with E-state index in [9.17, 15) is 4.21 Å². The zero-order valence-electron chi connectivity index (χ0n) is 12.8. The van der Waals surface area contributed by atoms with Gasteiger partial charge in [-0.15, -0.1) is 0 Å². The Bertz CT molecular complexity index is 278. The average molecular weight is 273 g/mol. The van der Waals surface area contributed by atoms with Crippen molar-refractivity contribution in [2.75, 3.05) is 12.3 Å². The molecule has 0 heterocycles. The number of hydrogen-bond donors (Lipinski definition) is 1. The van der Waals surface area contributed by atoms with E-state index in [0.717, 1.165) is 25.1 Å². The van der Waals surface area contributed by atoms with Crippen LogP contribution in [0, 0.1) is 11.3 Å². The molecule has 0 spiro atoms. The minimum Gasteiger partial charge on any atom is -0.313 e. The van der Waals surface area contributed by atoms with Gasteiger partial charge in [-0.25, -0.2) is 0 Å². The summed E-state index contributed by atoms with van der Waals surface area (Å²) in [5.74, 6) is 1.46. The second-order valence-corrected chi connectivity index (χ2v) is 8.22. The lowest BCUT2D eigenvalue weighted by atomic mass is 9.73. The molecule has 18 heavy (non-hydrogen) atoms. The van der Waals surface area contributed by atoms with Gasteiger partial charge in [0.25, 0.3) is 0 Å². The van der Waals surface area contributed by atoms with Crippen molar-refractivity contribution >= 4 is 10.8 Å². The molecule has 0 radical (unpaired) electrons. The van der Waals surface area contributed by atoms with Gasteiger partial charge in [-0.1, -0.05) is 47.5 Å². The maximum absolute atomic E-state index is 12.6. The molecule has 1 N–H and O–H groups in total. The van der Waals surface area contributed by atoms with Gasteiger partial charge in [-0.2, -0.15) is 0 Å². The topological polar surface area (TPSA) is 29.1 Å². The third-order valence-corrected chi connectivity index (χ3v) is 6.51. The lowest BCUT2D eigenvalue weighted by Gasteiger charge is -2.44. The highest BCUT2D eigenvalue weighted by Gasteiger charge is 2.41. The summed E-state index contributed by atoms with van der Waals surface area (Å²) in [6.07, 6.45) is 4.74. The van der Waals surface area contributed by atoms with Crippen LogP contribution < -0.4 is 5.32 Å². The van der Waals surface area contributed by atoms with Crippen molar-refractivity contribution in [3.63, 3.8) is 0 Å². The van der Waals surface area contributed by atoms with E-state index < -0.39 is 10.8 Å². The summed E-state index contributed by atoms with van der Waals surface area (Å²) in [6, 6.07) is 0.418. The van der Waals surface area contributed by atoms with Gasteiger partial charge in [0.1, 0.15) is 0 Å². The quantitative estimate of drug-likeness (QED) is 0.804. The van der Waals surface area contributed by atoms with Crippen LogP contribution in [0.1, 0.15) is 60.3 Å². The van der Waals surface area contributed by atoms with E-state index in [1.165, 1.54) is 12.8 Å². The van der Waals surface area contributed by atoms with E-state index >= 15 is 0 Å². The maximum Gasteiger partial charge on any atom is 0.0506 e. The van der Waals surface area contributed by atoms with E-state index in [-0.39, 0.29) is 5.41 Å². The first-order valence-electron chi connectivity index (χ1n) is 7.53. The predicted octanol–water partition coefficient (Wildman–Crippen LogP) is 3.34. The maximum atomic E-state index is 12.6. The molecule has 0 aliphatic heterocycles. The second kappa shape index (κ2) is 7.04. The van der Waals surface area contributed by atoms with Crippen molar-refractivity contribution in [2.24, 2.45) is 11.3 Å². The number of rotatable bonds is 6. The smallest absolute Gasteiger partial charge is 0.0506 e. The highest BCUT2D eigenvalue weighted by molar-refractivity contribution is 7.85. The summed E-state index contributed by atoms with van der Waals surface area (Å²) >= 11 is 0. The first-order valence-corrected chi connectivity index (χ1v) is 8.91. The minimum atomic E-state index is -0.677. The Labute approximate surface area is 116 Å². The van der Waals surface area contributed by atoms with Crippen molar-refractivity contribution < 1.29 is 4.21 Å². The fourth-order valence-electron chi connectivity index (χ4n) is 3.02. The van der Waals surface area contributed by atoms with Gasteiger partial charge in [0, 0.05) is 22.6 Å². The molecule has 0 aromatic carbocycles. The molecule has 0 aromatic rings. The van der Waals surface area contributed by atoms with Crippen molar-refractivity contribution in [3.05, 3.63) is 0 Å². The van der Waals surface area contributed by atoms with Gasteiger partial charge in [0.15, 0.2) is 0 Å². The van der Waals surface area contributed by atoms with E-state index in [1.807, 2.05) is 0 Å². The molecule has 0 bridgehead atoms. The Hall–Kier alpha value is 0.110. The van der Waals surface area contributed by atoms with Crippen LogP contribution in [0.25, 0.3) is 0 Å². The Kier molecular flexibility index (Phi) is 6.32. The van der Waals surface area contributed by atoms with Crippen LogP contribution in [-0.2, 0) is 10.8 Å². The van der Waals surface area contributed by atoms with Crippen molar-refractivity contribution in [1.82, 2.24) is 5.32 Å². The molecule has 0 amide bonds. The van der Waals surface area contributed by atoms with Gasteiger partial charge in [0.2, 0.25) is 0 Å². The van der Waals surface area contributed by atoms with Gasteiger partial charge in [-0.3, -0.25) is 4.21 Å². The molecule has 108 valence electrons. The fraction of sp³-hybridized carbons (Fsp3) is 1.00. The van der Waals surface area contributed by atoms with E-state index in [0.29, 0.717) is 17.2 Å². The molecule has 1 fully saturated rings. The van der Waals surface area contributed by atoms with E-state index in [2.05, 4.69) is 39.9 Å². The number of hydrogen-bond acceptors (Lipinski definition) is 2. The molecular weight excluding hydrogens is 242 g/mol. The van der Waals surface area contributed by atoms with Crippen LogP contribution in [0.2, 0.25) is 0 Å². The zero-order chi connectivity index (χ0) is 13.8. The zero-order valence-corrected chi connectivity index (χ0v) is 13.6. The molecule has 0 saturated heterocycles. The predicted molar refractivity (Wildman–Crippen MR) is 81.3 cm³/mol. The Morgan fingerprint density at radius 1 is 1.39 bits per heavy atom. The molecule has 4 atom stereocenters. The molecule has 4 unspecified atom stereocenters. The molecule has 1 rings (SSSR count). The second-order valence-electron chi connectivity index (χ2n) is 6.52. The lowest BCUT2D eigenvalue weighted by Crippen LogP contribution is -2.54. The monoisotopic (exact) mass is 273 g/mol. The highest BCUT2D eigenvalue weighted by atomic mass is 32.2.